The molecule has 0 bridgehead atoms. The van der Waals surface area contributed by atoms with Crippen molar-refractivity contribution in [2.45, 2.75) is 30.8 Å². The molecule has 1 aromatic carbocycles. The maximum atomic E-state index is 12.4. The van der Waals surface area contributed by atoms with E-state index in [1.54, 1.807) is 4.90 Å². The Balaban J connectivity index is 1.76. The number of aliphatic hydroxyl groups is 1. The summed E-state index contributed by atoms with van der Waals surface area (Å²) in [6, 6.07) is 9.18. The second kappa shape index (κ2) is 7.27. The molecule has 2 fully saturated rings. The van der Waals surface area contributed by atoms with Crippen molar-refractivity contribution in [3.8, 4) is 17.9 Å². The molecule has 1 saturated carbocycles. The molecule has 0 spiro atoms. The third kappa shape index (κ3) is 3.69. The second-order valence-electron chi connectivity index (χ2n) is 7.05. The van der Waals surface area contributed by atoms with Gasteiger partial charge in [-0.1, -0.05) is 24.0 Å². The maximum absolute atomic E-state index is 12.4. The zero-order valence-corrected chi connectivity index (χ0v) is 14.6. The van der Waals surface area contributed by atoms with Gasteiger partial charge in [-0.2, -0.15) is 5.26 Å². The van der Waals surface area contributed by atoms with Gasteiger partial charge in [-0.05, 0) is 44.6 Å². The number of carbonyl (C=O) groups is 1. The topological polar surface area (TPSA) is 67.6 Å². The van der Waals surface area contributed by atoms with E-state index in [1.807, 2.05) is 38.4 Å². The average molecular weight is 337 g/mol. The SMILES string of the molecule is CN(C)CC(=O)N1[C@@H](C#N)[C@H](c2ccc(C#CC3CC3)cc2)[C@@H]1CO. The first kappa shape index (κ1) is 17.5. The Kier molecular flexibility index (Phi) is 5.08. The molecule has 5 nitrogen and oxygen atoms in total. The van der Waals surface area contributed by atoms with Gasteiger partial charge in [0.1, 0.15) is 6.04 Å². The minimum Gasteiger partial charge on any atom is -0.394 e. The summed E-state index contributed by atoms with van der Waals surface area (Å²) in [6.07, 6.45) is 2.40. The number of nitrogens with zero attached hydrogens (tertiary/aromatic N) is 3. The number of benzene rings is 1. The Morgan fingerprint density at radius 3 is 2.52 bits per heavy atom. The van der Waals surface area contributed by atoms with E-state index in [2.05, 4.69) is 17.9 Å². The molecule has 3 atom stereocenters. The smallest absolute Gasteiger partial charge is 0.238 e. The van der Waals surface area contributed by atoms with Gasteiger partial charge in [0.2, 0.25) is 5.91 Å². The molecule has 0 radical (unpaired) electrons. The van der Waals surface area contributed by atoms with Gasteiger partial charge in [0.25, 0.3) is 0 Å². The normalized spacial score (nSPS) is 24.9. The summed E-state index contributed by atoms with van der Waals surface area (Å²) < 4.78 is 0. The lowest BCUT2D eigenvalue weighted by atomic mass is 9.75. The van der Waals surface area contributed by atoms with Crippen molar-refractivity contribution in [3.05, 3.63) is 35.4 Å². The van der Waals surface area contributed by atoms with Gasteiger partial charge in [0, 0.05) is 17.4 Å². The number of aliphatic hydroxyl groups excluding tert-OH is 1. The monoisotopic (exact) mass is 337 g/mol. The summed E-state index contributed by atoms with van der Waals surface area (Å²) in [6.45, 7) is 0.0857. The first-order valence-electron chi connectivity index (χ1n) is 8.63. The van der Waals surface area contributed by atoms with Crippen LogP contribution in [0.5, 0.6) is 0 Å². The number of nitriles is 1. The molecular weight excluding hydrogens is 314 g/mol. The predicted octanol–water partition coefficient (Wildman–Crippen LogP) is 1.19. The van der Waals surface area contributed by atoms with Crippen LogP contribution < -0.4 is 0 Å². The van der Waals surface area contributed by atoms with Gasteiger partial charge in [-0.25, -0.2) is 0 Å². The molecule has 0 aromatic heterocycles. The van der Waals surface area contributed by atoms with Crippen LogP contribution in [0.1, 0.15) is 29.9 Å². The van der Waals surface area contributed by atoms with E-state index in [9.17, 15) is 15.2 Å². The van der Waals surface area contributed by atoms with Crippen LogP contribution in [0.3, 0.4) is 0 Å². The first-order chi connectivity index (χ1) is 12.0. The van der Waals surface area contributed by atoms with Crippen molar-refractivity contribution < 1.29 is 9.90 Å². The molecule has 1 heterocycles. The van der Waals surface area contributed by atoms with E-state index < -0.39 is 6.04 Å². The largest absolute Gasteiger partial charge is 0.394 e. The Morgan fingerprint density at radius 1 is 1.32 bits per heavy atom. The minimum atomic E-state index is -0.534. The number of amides is 1. The van der Waals surface area contributed by atoms with E-state index in [4.69, 9.17) is 0 Å². The van der Waals surface area contributed by atoms with Crippen LogP contribution in [0.4, 0.5) is 0 Å². The number of carbonyl (C=O) groups excluding carboxylic acids is 1. The standard InChI is InChI=1S/C20H23N3O2/c1-22(2)12-19(25)23-17(11-21)20(18(23)13-24)16-9-7-15(8-10-16)6-5-14-3-4-14/h7-10,14,17-18,20,24H,3-4,12-13H2,1-2H3/t17-,18-,20-/m0/s1. The number of rotatable bonds is 4. The second-order valence-corrected chi connectivity index (χ2v) is 7.05. The van der Waals surface area contributed by atoms with Crippen LogP contribution in [0.2, 0.25) is 0 Å². The molecule has 1 aromatic rings. The highest BCUT2D eigenvalue weighted by Crippen LogP contribution is 2.40. The van der Waals surface area contributed by atoms with Crippen molar-refractivity contribution in [2.75, 3.05) is 27.2 Å². The summed E-state index contributed by atoms with van der Waals surface area (Å²) in [5.41, 5.74) is 1.93. The Morgan fingerprint density at radius 2 is 2.00 bits per heavy atom. The number of likely N-dealkylation sites (tertiary alicyclic amines) is 1. The quantitative estimate of drug-likeness (QED) is 0.838. The molecule has 1 amide bonds. The molecule has 25 heavy (non-hydrogen) atoms. The van der Waals surface area contributed by atoms with Crippen molar-refractivity contribution in [2.24, 2.45) is 5.92 Å². The number of hydrogen-bond acceptors (Lipinski definition) is 4. The average Bonchev–Trinajstić information content (AvgIpc) is 3.37. The van der Waals surface area contributed by atoms with E-state index in [0.717, 1.165) is 11.1 Å². The van der Waals surface area contributed by atoms with Crippen molar-refractivity contribution in [1.82, 2.24) is 9.80 Å². The fourth-order valence-corrected chi connectivity index (χ4v) is 3.30. The van der Waals surface area contributed by atoms with E-state index in [0.29, 0.717) is 5.92 Å². The highest BCUT2D eigenvalue weighted by atomic mass is 16.3. The first-order valence-corrected chi connectivity index (χ1v) is 8.63. The van der Waals surface area contributed by atoms with Gasteiger partial charge in [0.05, 0.1) is 25.3 Å². The van der Waals surface area contributed by atoms with Crippen LogP contribution in [0.25, 0.3) is 0 Å². The highest BCUT2D eigenvalue weighted by molar-refractivity contribution is 5.81. The minimum absolute atomic E-state index is 0.126. The van der Waals surface area contributed by atoms with E-state index in [1.165, 1.54) is 17.7 Å². The lowest BCUT2D eigenvalue weighted by molar-refractivity contribution is -0.147. The van der Waals surface area contributed by atoms with Crippen LogP contribution in [0, 0.1) is 29.1 Å². The molecule has 5 heteroatoms. The van der Waals surface area contributed by atoms with Crippen LogP contribution >= 0.6 is 0 Å². The molecule has 2 aliphatic rings. The van der Waals surface area contributed by atoms with Crippen molar-refractivity contribution in [3.63, 3.8) is 0 Å². The summed E-state index contributed by atoms with van der Waals surface area (Å²) in [5, 5.41) is 19.3. The summed E-state index contributed by atoms with van der Waals surface area (Å²) in [7, 11) is 3.62. The van der Waals surface area contributed by atoms with Crippen molar-refractivity contribution >= 4 is 5.91 Å². The molecule has 130 valence electrons. The molecule has 3 rings (SSSR count). The van der Waals surface area contributed by atoms with Gasteiger partial charge >= 0.3 is 0 Å². The summed E-state index contributed by atoms with van der Waals surface area (Å²) in [5.74, 6) is 6.68. The number of hydrogen-bond donors (Lipinski definition) is 1. The maximum Gasteiger partial charge on any atom is 0.238 e. The molecule has 1 N–H and O–H groups in total. The molecule has 0 unspecified atom stereocenters. The van der Waals surface area contributed by atoms with Crippen LogP contribution in [-0.4, -0.2) is 60.1 Å². The molecule has 1 saturated heterocycles. The van der Waals surface area contributed by atoms with Gasteiger partial charge in [-0.15, -0.1) is 0 Å². The fraction of sp³-hybridized carbons (Fsp3) is 0.500. The summed E-state index contributed by atoms with van der Waals surface area (Å²) in [4.78, 5) is 15.7. The van der Waals surface area contributed by atoms with Gasteiger partial charge < -0.3 is 14.9 Å². The highest BCUT2D eigenvalue weighted by Gasteiger charge is 2.51. The zero-order valence-electron chi connectivity index (χ0n) is 14.6. The van der Waals surface area contributed by atoms with E-state index in [-0.39, 0.29) is 31.0 Å². The third-order valence-electron chi connectivity index (χ3n) is 4.76. The van der Waals surface area contributed by atoms with Crippen molar-refractivity contribution in [1.29, 1.82) is 5.26 Å². The zero-order chi connectivity index (χ0) is 18.0. The summed E-state index contributed by atoms with van der Waals surface area (Å²) >= 11 is 0. The third-order valence-corrected chi connectivity index (χ3v) is 4.76. The Labute approximate surface area is 148 Å². The Bertz CT molecular complexity index is 735. The number of likely N-dealkylation sites (N-methyl/N-ethyl adjacent to an activating group) is 1. The van der Waals surface area contributed by atoms with Gasteiger partial charge in [-0.3, -0.25) is 4.79 Å². The fourth-order valence-electron chi connectivity index (χ4n) is 3.30. The lowest BCUT2D eigenvalue weighted by Gasteiger charge is -2.51. The molecular formula is C20H23N3O2. The predicted molar refractivity (Wildman–Crippen MR) is 94.5 cm³/mol. The van der Waals surface area contributed by atoms with Gasteiger partial charge in [0.15, 0.2) is 0 Å². The van der Waals surface area contributed by atoms with Crippen LogP contribution in [0.15, 0.2) is 24.3 Å². The Hall–Kier alpha value is -2.34. The lowest BCUT2D eigenvalue weighted by Crippen LogP contribution is -2.66. The molecule has 1 aliphatic carbocycles. The van der Waals surface area contributed by atoms with E-state index >= 15 is 0 Å². The van der Waals surface area contributed by atoms with Crippen LogP contribution in [-0.2, 0) is 4.79 Å². The molecule has 1 aliphatic heterocycles.